The molecule has 0 aromatic heterocycles. The Labute approximate surface area is 172 Å². The van der Waals surface area contributed by atoms with Crippen LogP contribution in [0.3, 0.4) is 0 Å². The van der Waals surface area contributed by atoms with Crippen molar-refractivity contribution < 1.29 is 29.4 Å². The van der Waals surface area contributed by atoms with E-state index in [-0.39, 0.29) is 16.4 Å². The van der Waals surface area contributed by atoms with Crippen molar-refractivity contribution in [1.29, 1.82) is 0 Å². The second kappa shape index (κ2) is 8.91. The molecular formula is C22H20NO7-. The maximum atomic E-state index is 12.7. The Bertz CT molecular complexity index is 1010. The van der Waals surface area contributed by atoms with E-state index in [2.05, 4.69) is 0 Å². The lowest BCUT2D eigenvalue weighted by Gasteiger charge is -2.38. The number of aliphatic hydroxyl groups excluding tert-OH is 1. The predicted octanol–water partition coefficient (Wildman–Crippen LogP) is 3.26. The third-order valence-corrected chi connectivity index (χ3v) is 4.96. The van der Waals surface area contributed by atoms with Crippen LogP contribution in [0.2, 0.25) is 0 Å². The maximum absolute atomic E-state index is 12.7. The summed E-state index contributed by atoms with van der Waals surface area (Å²) in [7, 11) is 2.26. The Morgan fingerprint density at radius 2 is 1.60 bits per heavy atom. The largest absolute Gasteiger partial charge is 0.762 e. The fraction of sp³-hybridized carbons (Fsp3) is 0.182. The van der Waals surface area contributed by atoms with E-state index >= 15 is 0 Å². The lowest BCUT2D eigenvalue weighted by Crippen LogP contribution is -2.30. The Kier molecular flexibility index (Phi) is 6.31. The van der Waals surface area contributed by atoms with Crippen LogP contribution in [0.4, 0.5) is 0 Å². The number of benzene rings is 2. The molecule has 0 radical (unpaired) electrons. The van der Waals surface area contributed by atoms with Crippen LogP contribution >= 0.6 is 0 Å². The van der Waals surface area contributed by atoms with Crippen LogP contribution in [0, 0.1) is 5.21 Å². The van der Waals surface area contributed by atoms with E-state index in [0.717, 1.165) is 14.2 Å². The van der Waals surface area contributed by atoms with Gasteiger partial charge < -0.3 is 25.0 Å². The second-order valence-corrected chi connectivity index (χ2v) is 6.57. The van der Waals surface area contributed by atoms with Crippen molar-refractivity contribution in [2.24, 2.45) is 0 Å². The Balaban J connectivity index is 2.37. The summed E-state index contributed by atoms with van der Waals surface area (Å²) in [5, 5.41) is 33.0. The molecule has 0 spiro atoms. The number of rotatable bonds is 5. The van der Waals surface area contributed by atoms with Gasteiger partial charge in [0.1, 0.15) is 11.3 Å². The number of carbonyl (C=O) groups is 2. The van der Waals surface area contributed by atoms with Gasteiger partial charge in [-0.3, -0.25) is 5.23 Å². The summed E-state index contributed by atoms with van der Waals surface area (Å²) in [6, 6.07) is 13.7. The number of hydrogen-bond donors (Lipinski definition) is 2. The molecule has 30 heavy (non-hydrogen) atoms. The number of methoxy groups -OCH3 is 2. The van der Waals surface area contributed by atoms with Gasteiger partial charge in [0.25, 0.3) is 0 Å². The van der Waals surface area contributed by atoms with Gasteiger partial charge in [-0.15, -0.1) is 0 Å². The fourth-order valence-corrected chi connectivity index (χ4v) is 3.62. The van der Waals surface area contributed by atoms with E-state index in [4.69, 9.17) is 9.47 Å². The van der Waals surface area contributed by atoms with Crippen LogP contribution in [-0.4, -0.2) is 41.7 Å². The van der Waals surface area contributed by atoms with Gasteiger partial charge in [-0.25, -0.2) is 9.59 Å². The van der Waals surface area contributed by atoms with Gasteiger partial charge in [-0.2, -0.15) is 0 Å². The Morgan fingerprint density at radius 3 is 2.20 bits per heavy atom. The third-order valence-electron chi connectivity index (χ3n) is 4.96. The van der Waals surface area contributed by atoms with E-state index in [1.165, 1.54) is 6.08 Å². The summed E-state index contributed by atoms with van der Waals surface area (Å²) in [5.74, 6) is -3.66. The minimum absolute atomic E-state index is 0.268. The van der Waals surface area contributed by atoms with E-state index in [0.29, 0.717) is 16.7 Å². The summed E-state index contributed by atoms with van der Waals surface area (Å²) in [6.07, 6.45) is 1.37. The molecule has 1 aliphatic carbocycles. The van der Waals surface area contributed by atoms with Crippen LogP contribution < -0.4 is 0 Å². The first-order valence-electron chi connectivity index (χ1n) is 9.01. The van der Waals surface area contributed by atoms with E-state index in [9.17, 15) is 25.1 Å². The lowest BCUT2D eigenvalue weighted by molar-refractivity contribution is -0.137. The number of nitrogens with zero attached hydrogens (tertiary/aromatic N) is 1. The first-order chi connectivity index (χ1) is 14.4. The molecule has 1 aliphatic rings. The molecule has 2 atom stereocenters. The lowest BCUT2D eigenvalue weighted by atomic mass is 9.80. The van der Waals surface area contributed by atoms with Crippen molar-refractivity contribution in [3.63, 3.8) is 0 Å². The summed E-state index contributed by atoms with van der Waals surface area (Å²) in [4.78, 5) is 25.1. The molecule has 3 rings (SSSR count). The number of esters is 2. The van der Waals surface area contributed by atoms with Crippen molar-refractivity contribution in [3.05, 3.63) is 93.4 Å². The third kappa shape index (κ3) is 3.84. The highest BCUT2D eigenvalue weighted by Gasteiger charge is 2.40. The molecule has 0 saturated heterocycles. The van der Waals surface area contributed by atoms with E-state index < -0.39 is 29.7 Å². The highest BCUT2D eigenvalue weighted by atomic mass is 16.8. The van der Waals surface area contributed by atoms with Gasteiger partial charge in [0.2, 0.25) is 0 Å². The zero-order chi connectivity index (χ0) is 21.8. The van der Waals surface area contributed by atoms with Gasteiger partial charge in [-0.05, 0) is 22.8 Å². The van der Waals surface area contributed by atoms with Gasteiger partial charge in [0, 0.05) is 5.92 Å². The maximum Gasteiger partial charge on any atom is 0.341 e. The fourth-order valence-electron chi connectivity index (χ4n) is 3.62. The molecule has 8 nitrogen and oxygen atoms in total. The van der Waals surface area contributed by atoms with E-state index in [1.54, 1.807) is 54.6 Å². The van der Waals surface area contributed by atoms with Gasteiger partial charge in [0.15, 0.2) is 0 Å². The monoisotopic (exact) mass is 410 g/mol. The summed E-state index contributed by atoms with van der Waals surface area (Å²) in [6.45, 7) is 0. The van der Waals surface area contributed by atoms with Crippen molar-refractivity contribution in [2.45, 2.75) is 12.0 Å². The molecule has 0 amide bonds. The average Bonchev–Trinajstić information content (AvgIpc) is 2.88. The van der Waals surface area contributed by atoms with Crippen molar-refractivity contribution in [2.75, 3.05) is 14.2 Å². The summed E-state index contributed by atoms with van der Waals surface area (Å²) < 4.78 is 9.60. The van der Waals surface area contributed by atoms with Crippen molar-refractivity contribution in [3.8, 4) is 0 Å². The van der Waals surface area contributed by atoms with Gasteiger partial charge in [-0.1, -0.05) is 54.6 Å². The van der Waals surface area contributed by atoms with Crippen LogP contribution in [-0.2, 0) is 19.1 Å². The quantitative estimate of drug-likeness (QED) is 0.569. The molecule has 0 unspecified atom stereocenters. The molecule has 0 bridgehead atoms. The van der Waals surface area contributed by atoms with Crippen molar-refractivity contribution >= 4 is 18.0 Å². The molecular weight excluding hydrogens is 390 g/mol. The average molecular weight is 410 g/mol. The first kappa shape index (κ1) is 21.3. The Hall–Kier alpha value is -3.46. The molecule has 0 heterocycles. The molecule has 2 aromatic rings. The summed E-state index contributed by atoms with van der Waals surface area (Å²) in [5.41, 5.74) is 0.687. The second-order valence-electron chi connectivity index (χ2n) is 6.57. The molecule has 0 fully saturated rings. The van der Waals surface area contributed by atoms with Crippen molar-refractivity contribution in [1.82, 2.24) is 5.23 Å². The topological polar surface area (TPSA) is 119 Å². The Morgan fingerprint density at radius 1 is 1.00 bits per heavy atom. The van der Waals surface area contributed by atoms with Crippen LogP contribution in [0.5, 0.6) is 0 Å². The van der Waals surface area contributed by atoms with Crippen LogP contribution in [0.1, 0.15) is 28.7 Å². The number of fused-ring (bicyclic) bond motifs is 1. The number of ether oxygens (including phenoxy) is 2. The van der Waals surface area contributed by atoms with E-state index in [1.807, 2.05) is 0 Å². The highest BCUT2D eigenvalue weighted by molar-refractivity contribution is 6.03. The van der Waals surface area contributed by atoms with Gasteiger partial charge >= 0.3 is 11.9 Å². The van der Waals surface area contributed by atoms with Crippen LogP contribution in [0.25, 0.3) is 6.08 Å². The molecule has 2 aromatic carbocycles. The summed E-state index contributed by atoms with van der Waals surface area (Å²) >= 11 is 0. The molecule has 2 N–H and O–H groups in total. The molecule has 8 heteroatoms. The molecule has 0 saturated carbocycles. The number of hydrogen-bond acceptors (Lipinski definition) is 8. The van der Waals surface area contributed by atoms with Crippen LogP contribution in [0.15, 0.2) is 71.5 Å². The minimum Gasteiger partial charge on any atom is -0.762 e. The molecule has 0 aliphatic heterocycles. The number of carbonyl (C=O) groups excluding carboxylic acids is 2. The zero-order valence-corrected chi connectivity index (χ0v) is 16.3. The normalized spacial score (nSPS) is 17.0. The van der Waals surface area contributed by atoms with Gasteiger partial charge in [0.05, 0.1) is 25.8 Å². The SMILES string of the molecule is COC(=O)C1=Cc2ccccc2[C@@H]([C@H](c2ccccc2)N([O-])O)C(C(=O)OC)=C1O. The number of aliphatic hydroxyl groups is 1. The highest BCUT2D eigenvalue weighted by Crippen LogP contribution is 2.45. The molecule has 156 valence electrons. The first-order valence-corrected chi connectivity index (χ1v) is 9.01. The standard InChI is InChI=1S/C22H20NO7/c1-29-21(25)16-12-14-10-6-7-11-15(14)17(18(20(16)24)22(26)30-2)19(23(27)28)13-8-4-3-5-9-13/h3-12,17,19,24,27H,1-2H3/q-1/t17-,19+/m1/s1. The number of hydroxylamine groups is 2. The smallest absolute Gasteiger partial charge is 0.341 e. The minimum atomic E-state index is -1.31. The predicted molar refractivity (Wildman–Crippen MR) is 107 cm³/mol. The zero-order valence-electron chi connectivity index (χ0n) is 16.3.